The molecule has 0 fully saturated rings. The standard InChI is InChI=1S/C32H46/c1-3-5-7-9-11-13-15-21-27-28(22-16-14-12-10-8-6-4-2)30-24-18-20-26-32(30)31-25-19-17-23-29(27)31/h17-20,23-26H,3-16,21-22H2,1-2H3. The van der Waals surface area contributed by atoms with E-state index in [9.17, 15) is 0 Å². The SMILES string of the molecule is CCCCCCCCCc1c(CCCCCCCCC)c2ccccc2c2ccccc12. The maximum Gasteiger partial charge on any atom is -0.0102 e. The zero-order valence-electron chi connectivity index (χ0n) is 20.9. The summed E-state index contributed by atoms with van der Waals surface area (Å²) in [5, 5.41) is 5.92. The fourth-order valence-electron chi connectivity index (χ4n) is 5.38. The number of rotatable bonds is 16. The molecule has 0 amide bonds. The van der Waals surface area contributed by atoms with Crippen molar-refractivity contribution in [2.45, 2.75) is 117 Å². The van der Waals surface area contributed by atoms with Crippen LogP contribution in [0.2, 0.25) is 0 Å². The number of unbranched alkanes of at least 4 members (excludes halogenated alkanes) is 12. The molecule has 0 unspecified atom stereocenters. The quantitative estimate of drug-likeness (QED) is 0.156. The molecule has 0 saturated carbocycles. The molecule has 0 aliphatic heterocycles. The molecule has 0 aliphatic carbocycles. The second-order valence-electron chi connectivity index (χ2n) is 9.79. The van der Waals surface area contributed by atoms with Crippen LogP contribution in [0.1, 0.15) is 115 Å². The largest absolute Gasteiger partial charge is 0.0654 e. The molecule has 0 nitrogen and oxygen atoms in total. The van der Waals surface area contributed by atoms with E-state index in [-0.39, 0.29) is 0 Å². The normalized spacial score (nSPS) is 11.6. The van der Waals surface area contributed by atoms with Crippen molar-refractivity contribution >= 4 is 21.5 Å². The molecule has 3 aromatic carbocycles. The Bertz CT molecular complexity index is 843. The van der Waals surface area contributed by atoms with Crippen LogP contribution in [0.25, 0.3) is 21.5 Å². The lowest BCUT2D eigenvalue weighted by Crippen LogP contribution is -2.00. The minimum Gasteiger partial charge on any atom is -0.0654 e. The van der Waals surface area contributed by atoms with E-state index in [1.165, 1.54) is 124 Å². The van der Waals surface area contributed by atoms with Gasteiger partial charge in [-0.1, -0.05) is 139 Å². The van der Waals surface area contributed by atoms with Crippen molar-refractivity contribution in [2.24, 2.45) is 0 Å². The van der Waals surface area contributed by atoms with Gasteiger partial charge in [-0.05, 0) is 58.4 Å². The van der Waals surface area contributed by atoms with Crippen molar-refractivity contribution in [3.8, 4) is 0 Å². The predicted molar refractivity (Wildman–Crippen MR) is 145 cm³/mol. The van der Waals surface area contributed by atoms with Crippen LogP contribution in [0.15, 0.2) is 48.5 Å². The van der Waals surface area contributed by atoms with Crippen molar-refractivity contribution < 1.29 is 0 Å². The minimum absolute atomic E-state index is 1.24. The monoisotopic (exact) mass is 430 g/mol. The third kappa shape index (κ3) is 7.09. The Hall–Kier alpha value is -1.82. The van der Waals surface area contributed by atoms with E-state index in [1.807, 2.05) is 0 Å². The summed E-state index contributed by atoms with van der Waals surface area (Å²) in [6.07, 6.45) is 21.8. The lowest BCUT2D eigenvalue weighted by molar-refractivity contribution is 0.584. The fourth-order valence-corrected chi connectivity index (χ4v) is 5.38. The highest BCUT2D eigenvalue weighted by Crippen LogP contribution is 2.35. The van der Waals surface area contributed by atoms with E-state index in [4.69, 9.17) is 0 Å². The summed E-state index contributed by atoms with van der Waals surface area (Å²) >= 11 is 0. The van der Waals surface area contributed by atoms with Crippen molar-refractivity contribution in [1.29, 1.82) is 0 Å². The van der Waals surface area contributed by atoms with Crippen LogP contribution in [0.4, 0.5) is 0 Å². The fraction of sp³-hybridized carbons (Fsp3) is 0.562. The summed E-state index contributed by atoms with van der Waals surface area (Å²) in [5.74, 6) is 0. The van der Waals surface area contributed by atoms with E-state index in [0.717, 1.165) is 0 Å². The summed E-state index contributed by atoms with van der Waals surface area (Å²) in [6.45, 7) is 4.61. The molecule has 0 radical (unpaired) electrons. The summed E-state index contributed by atoms with van der Waals surface area (Å²) < 4.78 is 0. The molecule has 0 saturated heterocycles. The molecule has 0 aliphatic rings. The van der Waals surface area contributed by atoms with Crippen molar-refractivity contribution in [3.05, 3.63) is 59.7 Å². The molecular formula is C32H46. The number of hydrogen-bond acceptors (Lipinski definition) is 0. The van der Waals surface area contributed by atoms with E-state index < -0.39 is 0 Å². The number of hydrogen-bond donors (Lipinski definition) is 0. The lowest BCUT2D eigenvalue weighted by Gasteiger charge is -2.18. The average molecular weight is 431 g/mol. The summed E-state index contributed by atoms with van der Waals surface area (Å²) in [6, 6.07) is 18.3. The van der Waals surface area contributed by atoms with Crippen LogP contribution in [0.5, 0.6) is 0 Å². The average Bonchev–Trinajstić information content (AvgIpc) is 2.83. The van der Waals surface area contributed by atoms with Gasteiger partial charge < -0.3 is 0 Å². The first-order chi connectivity index (χ1) is 15.9. The molecule has 0 spiro atoms. The Morgan fingerprint density at radius 2 is 0.688 bits per heavy atom. The summed E-state index contributed by atoms with van der Waals surface area (Å²) in [5.41, 5.74) is 3.30. The van der Waals surface area contributed by atoms with Crippen LogP contribution >= 0.6 is 0 Å². The lowest BCUT2D eigenvalue weighted by atomic mass is 9.86. The Balaban J connectivity index is 1.75. The van der Waals surface area contributed by atoms with Crippen molar-refractivity contribution in [2.75, 3.05) is 0 Å². The van der Waals surface area contributed by atoms with Crippen molar-refractivity contribution in [1.82, 2.24) is 0 Å². The Morgan fingerprint density at radius 1 is 0.375 bits per heavy atom. The zero-order chi connectivity index (χ0) is 22.4. The maximum atomic E-state index is 2.38. The molecule has 0 aromatic heterocycles. The highest BCUT2D eigenvalue weighted by Gasteiger charge is 2.13. The number of fused-ring (bicyclic) bond motifs is 3. The van der Waals surface area contributed by atoms with E-state index >= 15 is 0 Å². The molecule has 3 aromatic rings. The minimum atomic E-state index is 1.24. The van der Waals surface area contributed by atoms with Crippen LogP contribution in [0.3, 0.4) is 0 Å². The van der Waals surface area contributed by atoms with Crippen LogP contribution < -0.4 is 0 Å². The van der Waals surface area contributed by atoms with Gasteiger partial charge in [-0.25, -0.2) is 0 Å². The van der Waals surface area contributed by atoms with Gasteiger partial charge in [-0.3, -0.25) is 0 Å². The molecule has 32 heavy (non-hydrogen) atoms. The van der Waals surface area contributed by atoms with E-state index in [1.54, 1.807) is 11.1 Å². The van der Waals surface area contributed by atoms with E-state index in [0.29, 0.717) is 0 Å². The molecule has 0 heterocycles. The first kappa shape index (κ1) is 24.8. The first-order valence-electron chi connectivity index (χ1n) is 13.8. The van der Waals surface area contributed by atoms with E-state index in [2.05, 4.69) is 62.4 Å². The summed E-state index contributed by atoms with van der Waals surface area (Å²) in [4.78, 5) is 0. The van der Waals surface area contributed by atoms with Gasteiger partial charge in [0.05, 0.1) is 0 Å². The van der Waals surface area contributed by atoms with Crippen molar-refractivity contribution in [3.63, 3.8) is 0 Å². The highest BCUT2D eigenvalue weighted by atomic mass is 14.2. The molecule has 0 bridgehead atoms. The van der Waals surface area contributed by atoms with Crippen LogP contribution in [0, 0.1) is 0 Å². The Labute approximate surface area is 197 Å². The molecule has 174 valence electrons. The smallest absolute Gasteiger partial charge is 0.0102 e. The third-order valence-electron chi connectivity index (χ3n) is 7.22. The zero-order valence-corrected chi connectivity index (χ0v) is 20.9. The maximum absolute atomic E-state index is 2.38. The molecule has 0 heteroatoms. The van der Waals surface area contributed by atoms with Gasteiger partial charge in [0, 0.05) is 0 Å². The first-order valence-corrected chi connectivity index (χ1v) is 13.8. The second-order valence-corrected chi connectivity index (χ2v) is 9.79. The van der Waals surface area contributed by atoms with Gasteiger partial charge in [-0.2, -0.15) is 0 Å². The van der Waals surface area contributed by atoms with Crippen LogP contribution in [-0.4, -0.2) is 0 Å². The van der Waals surface area contributed by atoms with Gasteiger partial charge in [-0.15, -0.1) is 0 Å². The predicted octanol–water partition coefficient (Wildman–Crippen LogP) is 10.6. The van der Waals surface area contributed by atoms with Gasteiger partial charge in [0.1, 0.15) is 0 Å². The number of aryl methyl sites for hydroxylation is 2. The van der Waals surface area contributed by atoms with Gasteiger partial charge in [0.25, 0.3) is 0 Å². The third-order valence-corrected chi connectivity index (χ3v) is 7.22. The second kappa shape index (κ2) is 14.4. The molecular weight excluding hydrogens is 384 g/mol. The molecule has 0 atom stereocenters. The Morgan fingerprint density at radius 3 is 1.06 bits per heavy atom. The summed E-state index contributed by atoms with van der Waals surface area (Å²) in [7, 11) is 0. The van der Waals surface area contributed by atoms with Gasteiger partial charge in [0.2, 0.25) is 0 Å². The van der Waals surface area contributed by atoms with Gasteiger partial charge in [0.15, 0.2) is 0 Å². The highest BCUT2D eigenvalue weighted by molar-refractivity contribution is 6.10. The number of benzene rings is 3. The van der Waals surface area contributed by atoms with Crippen LogP contribution in [-0.2, 0) is 12.8 Å². The molecule has 3 rings (SSSR count). The van der Waals surface area contributed by atoms with Gasteiger partial charge >= 0.3 is 0 Å². The molecule has 0 N–H and O–H groups in total. The Kier molecular flexibility index (Phi) is 11.1. The topological polar surface area (TPSA) is 0 Å².